The van der Waals surface area contributed by atoms with Crippen molar-refractivity contribution in [2.45, 2.75) is 37.1 Å². The first kappa shape index (κ1) is 25.2. The van der Waals surface area contributed by atoms with E-state index in [1.54, 1.807) is 35.6 Å². The van der Waals surface area contributed by atoms with Crippen LogP contribution in [-0.4, -0.2) is 62.8 Å². The molecular weight excluding hydrogens is 462 g/mol. The lowest BCUT2D eigenvalue weighted by molar-refractivity contribution is -0.114. The van der Waals surface area contributed by atoms with Gasteiger partial charge in [-0.25, -0.2) is 8.42 Å². The fourth-order valence-electron chi connectivity index (χ4n) is 5.51. The first-order chi connectivity index (χ1) is 16.8. The SMILES string of the molecule is CC(=O)Nc1ccc(S(=O)(=O)N(C)C2C3CCC2CN(CCCNc2ccc(C#N)cc2)C3)cc1. The molecule has 0 radical (unpaired) electrons. The van der Waals surface area contributed by atoms with Gasteiger partial charge in [-0.15, -0.1) is 0 Å². The smallest absolute Gasteiger partial charge is 0.243 e. The molecule has 2 fully saturated rings. The van der Waals surface area contributed by atoms with Crippen LogP contribution < -0.4 is 10.6 Å². The lowest BCUT2D eigenvalue weighted by Gasteiger charge is -2.41. The molecule has 0 aromatic heterocycles. The van der Waals surface area contributed by atoms with Gasteiger partial charge >= 0.3 is 0 Å². The molecule has 2 aromatic carbocycles. The molecule has 2 atom stereocenters. The van der Waals surface area contributed by atoms with Gasteiger partial charge in [-0.1, -0.05) is 0 Å². The zero-order valence-corrected chi connectivity index (χ0v) is 21.1. The summed E-state index contributed by atoms with van der Waals surface area (Å²) in [4.78, 5) is 14.0. The van der Waals surface area contributed by atoms with E-state index in [0.717, 1.165) is 51.1 Å². The van der Waals surface area contributed by atoms with Crippen molar-refractivity contribution in [3.8, 4) is 6.07 Å². The minimum atomic E-state index is -3.61. The summed E-state index contributed by atoms with van der Waals surface area (Å²) in [5, 5.41) is 15.0. The first-order valence-corrected chi connectivity index (χ1v) is 13.5. The number of rotatable bonds is 9. The van der Waals surface area contributed by atoms with Crippen molar-refractivity contribution < 1.29 is 13.2 Å². The van der Waals surface area contributed by atoms with Crippen molar-refractivity contribution in [2.75, 3.05) is 43.9 Å². The van der Waals surface area contributed by atoms with Crippen molar-refractivity contribution in [2.24, 2.45) is 11.8 Å². The molecule has 2 N–H and O–H groups in total. The lowest BCUT2D eigenvalue weighted by atomic mass is 9.92. The number of nitrogens with zero attached hydrogens (tertiary/aromatic N) is 3. The number of fused-ring (bicyclic) bond motifs is 2. The van der Waals surface area contributed by atoms with Crippen LogP contribution in [0.4, 0.5) is 11.4 Å². The summed E-state index contributed by atoms with van der Waals surface area (Å²) in [5.74, 6) is 0.475. The van der Waals surface area contributed by atoms with Gasteiger partial charge in [-0.05, 0) is 86.2 Å². The summed E-state index contributed by atoms with van der Waals surface area (Å²) < 4.78 is 28.3. The molecule has 2 aromatic rings. The molecule has 1 aliphatic carbocycles. The van der Waals surface area contributed by atoms with Gasteiger partial charge in [0.25, 0.3) is 0 Å². The molecule has 2 aliphatic rings. The third-order valence-corrected chi connectivity index (χ3v) is 8.99. The normalized spacial score (nSPS) is 22.1. The molecule has 186 valence electrons. The number of carbonyl (C=O) groups excluding carboxylic acids is 1. The van der Waals surface area contributed by atoms with Crippen LogP contribution in [0.1, 0.15) is 31.7 Å². The van der Waals surface area contributed by atoms with E-state index in [2.05, 4.69) is 21.6 Å². The van der Waals surface area contributed by atoms with Gasteiger partial charge in [0.2, 0.25) is 15.9 Å². The van der Waals surface area contributed by atoms with Gasteiger partial charge in [0.1, 0.15) is 0 Å². The van der Waals surface area contributed by atoms with Crippen LogP contribution in [0.3, 0.4) is 0 Å². The van der Waals surface area contributed by atoms with Gasteiger partial charge in [0.05, 0.1) is 16.5 Å². The fourth-order valence-corrected chi connectivity index (χ4v) is 6.98. The number of carbonyl (C=O) groups is 1. The highest BCUT2D eigenvalue weighted by atomic mass is 32.2. The minimum absolute atomic E-state index is 0.0167. The second-order valence-corrected chi connectivity index (χ2v) is 11.5. The maximum atomic E-state index is 13.4. The number of piperidine rings is 1. The molecule has 35 heavy (non-hydrogen) atoms. The Labute approximate surface area is 208 Å². The van der Waals surface area contributed by atoms with E-state index >= 15 is 0 Å². The van der Waals surface area contributed by atoms with Crippen LogP contribution >= 0.6 is 0 Å². The van der Waals surface area contributed by atoms with E-state index in [1.165, 1.54) is 6.92 Å². The molecule has 1 heterocycles. The number of nitrogens with one attached hydrogen (secondary N) is 2. The number of nitriles is 1. The Bertz CT molecular complexity index is 1160. The second-order valence-electron chi connectivity index (χ2n) is 9.54. The van der Waals surface area contributed by atoms with Crippen LogP contribution in [0, 0.1) is 23.2 Å². The van der Waals surface area contributed by atoms with Gasteiger partial charge in [-0.3, -0.25) is 4.79 Å². The average molecular weight is 496 g/mol. The van der Waals surface area contributed by atoms with Crippen molar-refractivity contribution in [1.82, 2.24) is 9.21 Å². The Morgan fingerprint density at radius 3 is 2.23 bits per heavy atom. The molecule has 1 saturated heterocycles. The van der Waals surface area contributed by atoms with E-state index < -0.39 is 10.0 Å². The topological polar surface area (TPSA) is 106 Å². The highest BCUT2D eigenvalue weighted by Gasteiger charge is 2.46. The van der Waals surface area contributed by atoms with Crippen LogP contribution in [0.2, 0.25) is 0 Å². The number of hydrogen-bond acceptors (Lipinski definition) is 6. The van der Waals surface area contributed by atoms with Crippen molar-refractivity contribution in [3.05, 3.63) is 54.1 Å². The average Bonchev–Trinajstić information content (AvgIpc) is 3.11. The molecule has 1 amide bonds. The molecule has 1 saturated carbocycles. The number of likely N-dealkylation sites (tertiary alicyclic amines) is 1. The van der Waals surface area contributed by atoms with Crippen LogP contribution in [-0.2, 0) is 14.8 Å². The highest BCUT2D eigenvalue weighted by Crippen LogP contribution is 2.41. The van der Waals surface area contributed by atoms with E-state index in [-0.39, 0.29) is 16.8 Å². The summed E-state index contributed by atoms with van der Waals surface area (Å²) in [6.45, 7) is 5.08. The lowest BCUT2D eigenvalue weighted by Crippen LogP contribution is -2.53. The van der Waals surface area contributed by atoms with Crippen LogP contribution in [0.15, 0.2) is 53.4 Å². The van der Waals surface area contributed by atoms with Crippen molar-refractivity contribution in [1.29, 1.82) is 5.26 Å². The van der Waals surface area contributed by atoms with E-state index in [0.29, 0.717) is 23.1 Å². The number of benzene rings is 2. The Balaban J connectivity index is 1.30. The summed E-state index contributed by atoms with van der Waals surface area (Å²) >= 11 is 0. The molecule has 9 heteroatoms. The Morgan fingerprint density at radius 2 is 1.66 bits per heavy atom. The molecule has 2 unspecified atom stereocenters. The number of anilines is 2. The second kappa shape index (κ2) is 10.8. The highest BCUT2D eigenvalue weighted by molar-refractivity contribution is 7.89. The molecule has 0 spiro atoms. The zero-order chi connectivity index (χ0) is 25.0. The largest absolute Gasteiger partial charge is 0.385 e. The molecule has 1 aliphatic heterocycles. The van der Waals surface area contributed by atoms with Crippen molar-refractivity contribution in [3.63, 3.8) is 0 Å². The quantitative estimate of drug-likeness (QED) is 0.517. The van der Waals surface area contributed by atoms with E-state index in [4.69, 9.17) is 5.26 Å². The van der Waals surface area contributed by atoms with E-state index in [9.17, 15) is 13.2 Å². The third-order valence-electron chi connectivity index (χ3n) is 7.13. The summed E-state index contributed by atoms with van der Waals surface area (Å²) in [7, 11) is -1.90. The minimum Gasteiger partial charge on any atom is -0.385 e. The third kappa shape index (κ3) is 5.84. The monoisotopic (exact) mass is 495 g/mol. The number of amides is 1. The maximum Gasteiger partial charge on any atom is 0.243 e. The molecular formula is C26H33N5O3S. The number of sulfonamides is 1. The van der Waals surface area contributed by atoms with Gasteiger partial charge in [-0.2, -0.15) is 9.57 Å². The summed E-state index contributed by atoms with van der Waals surface area (Å²) in [6.07, 6.45) is 3.10. The van der Waals surface area contributed by atoms with E-state index in [1.807, 2.05) is 24.3 Å². The van der Waals surface area contributed by atoms with Crippen LogP contribution in [0.25, 0.3) is 0 Å². The zero-order valence-electron chi connectivity index (χ0n) is 20.3. The summed E-state index contributed by atoms with van der Waals surface area (Å²) in [6, 6.07) is 16.0. The number of hydrogen-bond donors (Lipinski definition) is 2. The van der Waals surface area contributed by atoms with Crippen molar-refractivity contribution >= 4 is 27.3 Å². The molecule has 4 rings (SSSR count). The van der Waals surface area contributed by atoms with Gasteiger partial charge < -0.3 is 15.5 Å². The predicted octanol–water partition coefficient (Wildman–Crippen LogP) is 3.35. The molecule has 2 bridgehead atoms. The first-order valence-electron chi connectivity index (χ1n) is 12.1. The van der Waals surface area contributed by atoms with Gasteiger partial charge in [0, 0.05) is 51.0 Å². The van der Waals surface area contributed by atoms with Crippen LogP contribution in [0.5, 0.6) is 0 Å². The van der Waals surface area contributed by atoms with Gasteiger partial charge in [0.15, 0.2) is 0 Å². The molecule has 8 nitrogen and oxygen atoms in total. The maximum absolute atomic E-state index is 13.4. The Morgan fingerprint density at radius 1 is 1.06 bits per heavy atom. The predicted molar refractivity (Wildman–Crippen MR) is 136 cm³/mol. The fraction of sp³-hybridized carbons (Fsp3) is 0.462. The Kier molecular flexibility index (Phi) is 7.75. The Hall–Kier alpha value is -2.93. The summed E-state index contributed by atoms with van der Waals surface area (Å²) in [5.41, 5.74) is 2.25. The standard InChI is InChI=1S/C26H33N5O3S/c1-19(32)29-24-10-12-25(13-11-24)35(33,34)30(2)26-21-6-7-22(26)18-31(17-21)15-3-14-28-23-8-4-20(16-27)5-9-23/h4-5,8-13,21-22,26,28H,3,6-7,14-15,17-18H2,1-2H3,(H,29,32).